The van der Waals surface area contributed by atoms with E-state index in [0.717, 1.165) is 38.6 Å². The van der Waals surface area contributed by atoms with Crippen molar-refractivity contribution >= 4 is 0 Å². The molecule has 0 fully saturated rings. The van der Waals surface area contributed by atoms with Gasteiger partial charge in [0.1, 0.15) is 0 Å². The van der Waals surface area contributed by atoms with Crippen LogP contribution in [0.5, 0.6) is 0 Å². The zero-order valence-electron chi connectivity index (χ0n) is 19.4. The molecule has 0 bridgehead atoms. The molecule has 0 aliphatic carbocycles. The van der Waals surface area contributed by atoms with Crippen LogP contribution in [-0.4, -0.2) is 25.9 Å². The monoisotopic (exact) mass is 384 g/mol. The molecule has 1 atom stereocenters. The van der Waals surface area contributed by atoms with Gasteiger partial charge in [-0.05, 0) is 25.2 Å². The second kappa shape index (κ2) is 22.2. The van der Waals surface area contributed by atoms with Crippen LogP contribution in [0.2, 0.25) is 0 Å². The average Bonchev–Trinajstić information content (AvgIpc) is 2.66. The van der Waals surface area contributed by atoms with Gasteiger partial charge in [0.15, 0.2) is 0 Å². The van der Waals surface area contributed by atoms with E-state index >= 15 is 0 Å². The normalized spacial score (nSPS) is 12.8. The largest absolute Gasteiger partial charge is 0.379 e. The molecule has 27 heavy (non-hydrogen) atoms. The lowest BCUT2D eigenvalue weighted by atomic mass is 10.0. The van der Waals surface area contributed by atoms with Gasteiger partial charge >= 0.3 is 0 Å². The Bertz CT molecular complexity index is 265. The Balaban J connectivity index is 3.16. The highest BCUT2D eigenvalue weighted by atomic mass is 16.5. The Labute approximate surface area is 172 Å². The highest BCUT2D eigenvalue weighted by molar-refractivity contribution is 4.54. The quantitative estimate of drug-likeness (QED) is 0.175. The zero-order valence-corrected chi connectivity index (χ0v) is 19.4. The van der Waals surface area contributed by atoms with Crippen LogP contribution >= 0.6 is 0 Å². The summed E-state index contributed by atoms with van der Waals surface area (Å²) in [6, 6.07) is 0. The summed E-state index contributed by atoms with van der Waals surface area (Å²) in [5, 5.41) is 0. The number of rotatable bonds is 22. The van der Waals surface area contributed by atoms with E-state index in [4.69, 9.17) is 9.47 Å². The molecule has 0 saturated heterocycles. The summed E-state index contributed by atoms with van der Waals surface area (Å²) in [7, 11) is 0. The van der Waals surface area contributed by atoms with Gasteiger partial charge in [0.2, 0.25) is 0 Å². The van der Waals surface area contributed by atoms with Gasteiger partial charge < -0.3 is 9.47 Å². The SMILES string of the molecule is CCCCOC(CC)COCCCCCCCCCCCCCCC(C)C. The van der Waals surface area contributed by atoms with Crippen molar-refractivity contribution in [2.45, 2.75) is 137 Å². The second-order valence-corrected chi connectivity index (χ2v) is 8.75. The average molecular weight is 385 g/mol. The van der Waals surface area contributed by atoms with E-state index in [-0.39, 0.29) is 0 Å². The Morgan fingerprint density at radius 3 is 1.59 bits per heavy atom. The van der Waals surface area contributed by atoms with Crippen molar-refractivity contribution in [1.82, 2.24) is 0 Å². The Morgan fingerprint density at radius 2 is 1.11 bits per heavy atom. The number of hydrogen-bond donors (Lipinski definition) is 0. The fourth-order valence-electron chi connectivity index (χ4n) is 3.42. The van der Waals surface area contributed by atoms with Gasteiger partial charge in [0.05, 0.1) is 12.7 Å². The van der Waals surface area contributed by atoms with Gasteiger partial charge in [-0.15, -0.1) is 0 Å². The van der Waals surface area contributed by atoms with Gasteiger partial charge in [-0.1, -0.05) is 111 Å². The maximum Gasteiger partial charge on any atom is 0.0805 e. The lowest BCUT2D eigenvalue weighted by Crippen LogP contribution is -2.20. The van der Waals surface area contributed by atoms with Crippen LogP contribution in [0.3, 0.4) is 0 Å². The lowest BCUT2D eigenvalue weighted by molar-refractivity contribution is -0.0197. The summed E-state index contributed by atoms with van der Waals surface area (Å²) in [5.74, 6) is 0.884. The van der Waals surface area contributed by atoms with Crippen LogP contribution in [0.15, 0.2) is 0 Å². The summed E-state index contributed by atoms with van der Waals surface area (Å²) in [6.45, 7) is 11.6. The van der Waals surface area contributed by atoms with Crippen molar-refractivity contribution in [3.05, 3.63) is 0 Å². The van der Waals surface area contributed by atoms with Crippen molar-refractivity contribution in [3.8, 4) is 0 Å². The third-order valence-electron chi connectivity index (χ3n) is 5.43. The van der Waals surface area contributed by atoms with Crippen molar-refractivity contribution in [1.29, 1.82) is 0 Å². The number of hydrogen-bond acceptors (Lipinski definition) is 2. The maximum absolute atomic E-state index is 5.84. The lowest BCUT2D eigenvalue weighted by Gasteiger charge is -2.16. The molecule has 0 aromatic heterocycles. The molecule has 0 aliphatic rings. The fourth-order valence-corrected chi connectivity index (χ4v) is 3.42. The molecule has 2 heteroatoms. The first kappa shape index (κ1) is 26.9. The molecule has 0 heterocycles. The van der Waals surface area contributed by atoms with Gasteiger partial charge in [-0.3, -0.25) is 0 Å². The predicted octanol–water partition coefficient (Wildman–Crippen LogP) is 8.33. The van der Waals surface area contributed by atoms with Crippen LogP contribution < -0.4 is 0 Å². The van der Waals surface area contributed by atoms with E-state index in [9.17, 15) is 0 Å². The predicted molar refractivity (Wildman–Crippen MR) is 121 cm³/mol. The van der Waals surface area contributed by atoms with Crippen LogP contribution in [0.1, 0.15) is 130 Å². The molecule has 0 radical (unpaired) electrons. The molecule has 0 N–H and O–H groups in total. The van der Waals surface area contributed by atoms with Gasteiger partial charge in [0, 0.05) is 13.2 Å². The fraction of sp³-hybridized carbons (Fsp3) is 1.00. The summed E-state index contributed by atoms with van der Waals surface area (Å²) < 4.78 is 11.6. The molecule has 0 aliphatic heterocycles. The summed E-state index contributed by atoms with van der Waals surface area (Å²) in [5.41, 5.74) is 0. The molecule has 0 aromatic rings. The minimum atomic E-state index is 0.298. The molecule has 0 spiro atoms. The summed E-state index contributed by atoms with van der Waals surface area (Å²) in [6.07, 6.45) is 22.0. The first-order valence-electron chi connectivity index (χ1n) is 12.4. The molecule has 2 nitrogen and oxygen atoms in total. The topological polar surface area (TPSA) is 18.5 Å². The first-order valence-corrected chi connectivity index (χ1v) is 12.4. The van der Waals surface area contributed by atoms with Crippen molar-refractivity contribution in [2.24, 2.45) is 5.92 Å². The van der Waals surface area contributed by atoms with Crippen LogP contribution in [-0.2, 0) is 9.47 Å². The van der Waals surface area contributed by atoms with Crippen LogP contribution in [0, 0.1) is 5.92 Å². The Morgan fingerprint density at radius 1 is 0.593 bits per heavy atom. The van der Waals surface area contributed by atoms with Crippen LogP contribution in [0.25, 0.3) is 0 Å². The zero-order chi connectivity index (χ0) is 20.0. The Kier molecular flexibility index (Phi) is 22.1. The smallest absolute Gasteiger partial charge is 0.0805 e. The molecule has 0 saturated carbocycles. The highest BCUT2D eigenvalue weighted by Gasteiger charge is 2.06. The third-order valence-corrected chi connectivity index (χ3v) is 5.43. The van der Waals surface area contributed by atoms with E-state index in [1.165, 1.54) is 89.9 Å². The summed E-state index contributed by atoms with van der Waals surface area (Å²) in [4.78, 5) is 0. The second-order valence-electron chi connectivity index (χ2n) is 8.75. The van der Waals surface area contributed by atoms with E-state index in [0.29, 0.717) is 6.10 Å². The van der Waals surface area contributed by atoms with Crippen molar-refractivity contribution < 1.29 is 9.47 Å². The molecule has 0 aromatic carbocycles. The molecule has 164 valence electrons. The van der Waals surface area contributed by atoms with E-state index in [2.05, 4.69) is 27.7 Å². The molecular weight excluding hydrogens is 332 g/mol. The molecule has 0 rings (SSSR count). The molecular formula is C25H52O2. The van der Waals surface area contributed by atoms with Gasteiger partial charge in [0.25, 0.3) is 0 Å². The number of unbranched alkanes of at least 4 members (excludes halogenated alkanes) is 12. The van der Waals surface area contributed by atoms with E-state index in [1.54, 1.807) is 0 Å². The molecule has 1 unspecified atom stereocenters. The van der Waals surface area contributed by atoms with Crippen molar-refractivity contribution in [2.75, 3.05) is 19.8 Å². The highest BCUT2D eigenvalue weighted by Crippen LogP contribution is 2.14. The molecule has 0 amide bonds. The maximum atomic E-state index is 5.84. The summed E-state index contributed by atoms with van der Waals surface area (Å²) >= 11 is 0. The third kappa shape index (κ3) is 22.1. The van der Waals surface area contributed by atoms with Crippen molar-refractivity contribution in [3.63, 3.8) is 0 Å². The first-order chi connectivity index (χ1) is 13.2. The standard InChI is InChI=1S/C25H52O2/c1-5-7-22-27-25(6-2)23-26-21-19-17-15-13-11-9-8-10-12-14-16-18-20-24(3)4/h24-25H,5-23H2,1-4H3. The van der Waals surface area contributed by atoms with Gasteiger partial charge in [-0.2, -0.15) is 0 Å². The Hall–Kier alpha value is -0.0800. The van der Waals surface area contributed by atoms with Gasteiger partial charge in [-0.25, -0.2) is 0 Å². The minimum Gasteiger partial charge on any atom is -0.379 e. The van der Waals surface area contributed by atoms with Crippen LogP contribution in [0.4, 0.5) is 0 Å². The van der Waals surface area contributed by atoms with E-state index in [1.807, 2.05) is 0 Å². The number of ether oxygens (including phenoxy) is 2. The minimum absolute atomic E-state index is 0.298. The van der Waals surface area contributed by atoms with E-state index < -0.39 is 0 Å².